The van der Waals surface area contributed by atoms with Gasteiger partial charge in [-0.2, -0.15) is 0 Å². The maximum absolute atomic E-state index is 13.4. The van der Waals surface area contributed by atoms with Crippen molar-refractivity contribution in [1.29, 1.82) is 0 Å². The smallest absolute Gasteiger partial charge is 0.224 e. The molecule has 0 aliphatic rings. The third kappa shape index (κ3) is 4.45. The topological polar surface area (TPSA) is 29.1 Å². The van der Waals surface area contributed by atoms with E-state index in [1.807, 2.05) is 0 Å². The largest absolute Gasteiger partial charge is 0.352 e. The summed E-state index contributed by atoms with van der Waals surface area (Å²) < 4.78 is 13.4. The van der Waals surface area contributed by atoms with Gasteiger partial charge in [0.2, 0.25) is 5.91 Å². The Bertz CT molecular complexity index is 673. The van der Waals surface area contributed by atoms with Crippen LogP contribution in [0.4, 0.5) is 4.39 Å². The number of aryl methyl sites for hydroxylation is 1. The number of rotatable bonds is 4. The Morgan fingerprint density at radius 2 is 1.81 bits per heavy atom. The highest BCUT2D eigenvalue weighted by Crippen LogP contribution is 2.22. The van der Waals surface area contributed by atoms with Crippen LogP contribution in [-0.4, -0.2) is 5.91 Å². The first kappa shape index (κ1) is 15.8. The summed E-state index contributed by atoms with van der Waals surface area (Å²) in [5.74, 6) is -0.430. The molecule has 0 heterocycles. The number of benzene rings is 2. The van der Waals surface area contributed by atoms with E-state index in [-0.39, 0.29) is 24.7 Å². The second kappa shape index (κ2) is 6.92. The monoisotopic (exact) mass is 325 g/mol. The van der Waals surface area contributed by atoms with Crippen molar-refractivity contribution in [2.75, 3.05) is 0 Å². The molecular weight excluding hydrogens is 312 g/mol. The minimum Gasteiger partial charge on any atom is -0.352 e. The highest BCUT2D eigenvalue weighted by Gasteiger charge is 2.06. The minimum absolute atomic E-state index is 0.158. The fourth-order valence-corrected chi connectivity index (χ4v) is 2.17. The van der Waals surface area contributed by atoms with Crippen molar-refractivity contribution in [1.82, 2.24) is 5.32 Å². The zero-order chi connectivity index (χ0) is 15.4. The van der Waals surface area contributed by atoms with E-state index in [2.05, 4.69) is 5.32 Å². The first-order valence-electron chi connectivity index (χ1n) is 6.41. The molecular formula is C16H14Cl2FNO. The van der Waals surface area contributed by atoms with Crippen molar-refractivity contribution in [3.05, 3.63) is 69.0 Å². The third-order valence-corrected chi connectivity index (χ3v) is 3.81. The number of halogens is 3. The molecule has 0 saturated carbocycles. The molecule has 110 valence electrons. The molecule has 5 heteroatoms. The van der Waals surface area contributed by atoms with Crippen molar-refractivity contribution in [2.45, 2.75) is 19.9 Å². The first-order chi connectivity index (χ1) is 9.95. The molecule has 0 radical (unpaired) electrons. The Balaban J connectivity index is 1.92. The molecule has 0 aromatic heterocycles. The Morgan fingerprint density at radius 3 is 2.48 bits per heavy atom. The Morgan fingerprint density at radius 1 is 1.10 bits per heavy atom. The lowest BCUT2D eigenvalue weighted by molar-refractivity contribution is -0.120. The number of hydrogen-bond donors (Lipinski definition) is 1. The summed E-state index contributed by atoms with van der Waals surface area (Å²) in [6, 6.07) is 9.97. The van der Waals surface area contributed by atoms with E-state index in [1.54, 1.807) is 37.3 Å². The van der Waals surface area contributed by atoms with Crippen LogP contribution in [-0.2, 0) is 17.8 Å². The summed E-state index contributed by atoms with van der Waals surface area (Å²) in [6.45, 7) is 1.99. The van der Waals surface area contributed by atoms with Crippen LogP contribution in [0, 0.1) is 12.7 Å². The van der Waals surface area contributed by atoms with Crippen LogP contribution in [0.2, 0.25) is 10.0 Å². The molecule has 2 nitrogen and oxygen atoms in total. The fraction of sp³-hybridized carbons (Fsp3) is 0.188. The summed E-state index contributed by atoms with van der Waals surface area (Å²) in [4.78, 5) is 11.9. The van der Waals surface area contributed by atoms with Crippen LogP contribution in [0.25, 0.3) is 0 Å². The maximum atomic E-state index is 13.4. The normalized spacial score (nSPS) is 10.5. The average Bonchev–Trinajstić information content (AvgIpc) is 2.44. The molecule has 0 atom stereocenters. The van der Waals surface area contributed by atoms with Gasteiger partial charge in [0.1, 0.15) is 5.82 Å². The van der Waals surface area contributed by atoms with Gasteiger partial charge < -0.3 is 5.32 Å². The number of carbonyl (C=O) groups is 1. The summed E-state index contributed by atoms with van der Waals surface area (Å²) in [7, 11) is 0. The molecule has 0 saturated heterocycles. The Hall–Kier alpha value is -1.58. The second-order valence-corrected chi connectivity index (χ2v) is 5.60. The van der Waals surface area contributed by atoms with E-state index < -0.39 is 0 Å². The number of carbonyl (C=O) groups excluding carboxylic acids is 1. The maximum Gasteiger partial charge on any atom is 0.224 e. The lowest BCUT2D eigenvalue weighted by Gasteiger charge is -2.07. The minimum atomic E-state index is -0.272. The Kier molecular flexibility index (Phi) is 5.21. The van der Waals surface area contributed by atoms with Gasteiger partial charge >= 0.3 is 0 Å². The molecule has 0 unspecified atom stereocenters. The summed E-state index contributed by atoms with van der Waals surface area (Å²) in [5.41, 5.74) is 2.08. The van der Waals surface area contributed by atoms with Gasteiger partial charge in [-0.05, 0) is 41.8 Å². The molecule has 0 fully saturated rings. The second-order valence-electron chi connectivity index (χ2n) is 4.79. The van der Waals surface area contributed by atoms with Gasteiger partial charge in [-0.25, -0.2) is 4.39 Å². The number of amides is 1. The highest BCUT2D eigenvalue weighted by atomic mass is 35.5. The van der Waals surface area contributed by atoms with Crippen molar-refractivity contribution in [3.63, 3.8) is 0 Å². The lowest BCUT2D eigenvalue weighted by atomic mass is 10.1. The summed E-state index contributed by atoms with van der Waals surface area (Å²) >= 11 is 11.7. The summed E-state index contributed by atoms with van der Waals surface area (Å²) in [5, 5.41) is 3.62. The van der Waals surface area contributed by atoms with Gasteiger partial charge in [0.15, 0.2) is 0 Å². The molecule has 0 aliphatic carbocycles. The average molecular weight is 326 g/mol. The number of hydrogen-bond acceptors (Lipinski definition) is 1. The van der Waals surface area contributed by atoms with Crippen LogP contribution in [0.1, 0.15) is 16.7 Å². The summed E-state index contributed by atoms with van der Waals surface area (Å²) in [6.07, 6.45) is 0.200. The highest BCUT2D eigenvalue weighted by molar-refractivity contribution is 6.42. The molecule has 0 bridgehead atoms. The first-order valence-corrected chi connectivity index (χ1v) is 7.17. The zero-order valence-corrected chi connectivity index (χ0v) is 12.9. The lowest BCUT2D eigenvalue weighted by Crippen LogP contribution is -2.24. The third-order valence-electron chi connectivity index (χ3n) is 3.07. The van der Waals surface area contributed by atoms with E-state index in [9.17, 15) is 9.18 Å². The quantitative estimate of drug-likeness (QED) is 0.892. The molecule has 1 N–H and O–H groups in total. The van der Waals surface area contributed by atoms with E-state index in [4.69, 9.17) is 23.2 Å². The van der Waals surface area contributed by atoms with Crippen molar-refractivity contribution in [3.8, 4) is 0 Å². The van der Waals surface area contributed by atoms with Gasteiger partial charge in [0.05, 0.1) is 16.5 Å². The SMILES string of the molecule is Cc1ccc(CNC(=O)Cc2ccc(Cl)c(Cl)c2)cc1F. The predicted octanol–water partition coefficient (Wildman–Crippen LogP) is 4.30. The van der Waals surface area contributed by atoms with Gasteiger partial charge in [-0.3, -0.25) is 4.79 Å². The van der Waals surface area contributed by atoms with Crippen LogP contribution in [0.3, 0.4) is 0 Å². The zero-order valence-electron chi connectivity index (χ0n) is 11.4. The fourth-order valence-electron chi connectivity index (χ4n) is 1.84. The molecule has 0 spiro atoms. The predicted molar refractivity (Wildman–Crippen MR) is 83.1 cm³/mol. The molecule has 2 aromatic rings. The number of nitrogens with one attached hydrogen (secondary N) is 1. The van der Waals surface area contributed by atoms with Gasteiger partial charge in [0, 0.05) is 6.54 Å². The molecule has 2 rings (SSSR count). The van der Waals surface area contributed by atoms with E-state index >= 15 is 0 Å². The van der Waals surface area contributed by atoms with Crippen LogP contribution < -0.4 is 5.32 Å². The van der Waals surface area contributed by atoms with Gasteiger partial charge in [-0.1, -0.05) is 41.4 Å². The van der Waals surface area contributed by atoms with E-state index in [0.29, 0.717) is 15.6 Å². The van der Waals surface area contributed by atoms with Crippen LogP contribution in [0.15, 0.2) is 36.4 Å². The molecule has 0 aliphatic heterocycles. The van der Waals surface area contributed by atoms with Gasteiger partial charge in [0.25, 0.3) is 0 Å². The van der Waals surface area contributed by atoms with E-state index in [0.717, 1.165) is 11.1 Å². The van der Waals surface area contributed by atoms with Crippen molar-refractivity contribution >= 4 is 29.1 Å². The van der Waals surface area contributed by atoms with Gasteiger partial charge in [-0.15, -0.1) is 0 Å². The molecule has 21 heavy (non-hydrogen) atoms. The Labute approximate surface area is 132 Å². The standard InChI is InChI=1S/C16H14Cl2FNO/c1-10-2-3-12(7-15(10)19)9-20-16(21)8-11-4-5-13(17)14(18)6-11/h2-7H,8-9H2,1H3,(H,20,21). The van der Waals surface area contributed by atoms with E-state index in [1.165, 1.54) is 6.07 Å². The van der Waals surface area contributed by atoms with Crippen molar-refractivity contribution < 1.29 is 9.18 Å². The van der Waals surface area contributed by atoms with Crippen molar-refractivity contribution in [2.24, 2.45) is 0 Å². The van der Waals surface area contributed by atoms with Crippen LogP contribution >= 0.6 is 23.2 Å². The molecule has 2 aromatic carbocycles. The van der Waals surface area contributed by atoms with Crippen LogP contribution in [0.5, 0.6) is 0 Å². The molecule has 1 amide bonds.